The Morgan fingerprint density at radius 2 is 1.89 bits per heavy atom. The largest absolute Gasteiger partial charge is 0.405 e. The van der Waals surface area contributed by atoms with Crippen LogP contribution < -0.4 is 5.32 Å². The summed E-state index contributed by atoms with van der Waals surface area (Å²) in [6.07, 6.45) is -4.08. The highest BCUT2D eigenvalue weighted by Gasteiger charge is 2.27. The minimum atomic E-state index is -4.43. The lowest BCUT2D eigenvalue weighted by atomic mass is 10.1. The first kappa shape index (κ1) is 15.1. The number of rotatable bonds is 3. The molecule has 0 spiro atoms. The predicted molar refractivity (Wildman–Crippen MR) is 63.4 cm³/mol. The molecule has 0 unspecified atom stereocenters. The second-order valence-electron chi connectivity index (χ2n) is 3.65. The zero-order valence-electron chi connectivity index (χ0n) is 9.92. The molecule has 0 aliphatic carbocycles. The normalized spacial score (nSPS) is 10.5. The van der Waals surface area contributed by atoms with Crippen LogP contribution in [-0.2, 0) is 0 Å². The fraction of sp³-hybridized carbons (Fsp3) is 0.308. The van der Waals surface area contributed by atoms with Gasteiger partial charge in [-0.15, -0.1) is 0 Å². The summed E-state index contributed by atoms with van der Waals surface area (Å²) >= 11 is 0. The molecule has 0 radical (unpaired) electrons. The summed E-state index contributed by atoms with van der Waals surface area (Å²) in [5.74, 6) is 4.66. The molecule has 1 amide bonds. The zero-order chi connectivity index (χ0) is 14.3. The molecule has 1 rings (SSSR count). The maximum atomic E-state index is 11.9. The second-order valence-corrected chi connectivity index (χ2v) is 3.65. The Morgan fingerprint density at radius 3 is 2.42 bits per heavy atom. The van der Waals surface area contributed by atoms with Crippen molar-refractivity contribution in [3.8, 4) is 11.8 Å². The quantitative estimate of drug-likeness (QED) is 0.822. The van der Waals surface area contributed by atoms with Gasteiger partial charge in [-0.2, -0.15) is 13.2 Å². The van der Waals surface area contributed by atoms with E-state index < -0.39 is 18.6 Å². The molecule has 0 heterocycles. The van der Waals surface area contributed by atoms with Crippen LogP contribution in [0.25, 0.3) is 0 Å². The van der Waals surface area contributed by atoms with Crippen LogP contribution in [0.4, 0.5) is 13.2 Å². The van der Waals surface area contributed by atoms with Crippen molar-refractivity contribution in [1.29, 1.82) is 0 Å². The molecule has 0 saturated heterocycles. The van der Waals surface area contributed by atoms with Crippen LogP contribution in [0.1, 0.15) is 22.3 Å². The van der Waals surface area contributed by atoms with Gasteiger partial charge in [0.15, 0.2) is 0 Å². The van der Waals surface area contributed by atoms with Crippen LogP contribution >= 0.6 is 0 Å². The molecular weight excluding hydrogens is 259 g/mol. The van der Waals surface area contributed by atoms with E-state index in [2.05, 4.69) is 11.8 Å². The van der Waals surface area contributed by atoms with Gasteiger partial charge in [-0.25, -0.2) is 0 Å². The molecule has 6 heteroatoms. The standard InChI is InChI=1S/C13H12F3NO2/c14-13(15,16)9-17-12(19)11-6-4-10(5-7-11)3-1-2-8-18/h4-7,18H,2,8-9H2,(H,17,19). The smallest absolute Gasteiger partial charge is 0.395 e. The highest BCUT2D eigenvalue weighted by Crippen LogP contribution is 2.12. The van der Waals surface area contributed by atoms with Crippen LogP contribution in [0.5, 0.6) is 0 Å². The number of carbonyl (C=O) groups is 1. The highest BCUT2D eigenvalue weighted by molar-refractivity contribution is 5.94. The molecule has 1 aromatic carbocycles. The van der Waals surface area contributed by atoms with Gasteiger partial charge in [-0.05, 0) is 24.3 Å². The number of carbonyl (C=O) groups excluding carboxylic acids is 1. The Bertz CT molecular complexity index is 483. The number of aliphatic hydroxyl groups excluding tert-OH is 1. The van der Waals surface area contributed by atoms with E-state index in [1.165, 1.54) is 24.3 Å². The minimum absolute atomic E-state index is 0.0368. The van der Waals surface area contributed by atoms with Crippen molar-refractivity contribution < 1.29 is 23.1 Å². The van der Waals surface area contributed by atoms with E-state index in [0.717, 1.165) is 0 Å². The SMILES string of the molecule is O=C(NCC(F)(F)F)c1ccc(C#CCCO)cc1. The number of hydrogen-bond acceptors (Lipinski definition) is 2. The summed E-state index contributed by atoms with van der Waals surface area (Å²) in [6.45, 7) is -1.39. The lowest BCUT2D eigenvalue weighted by Gasteiger charge is -2.08. The minimum Gasteiger partial charge on any atom is -0.395 e. The Kier molecular flexibility index (Phi) is 5.39. The average molecular weight is 271 g/mol. The van der Waals surface area contributed by atoms with E-state index in [9.17, 15) is 18.0 Å². The first-order valence-electron chi connectivity index (χ1n) is 5.47. The molecule has 0 atom stereocenters. The van der Waals surface area contributed by atoms with E-state index in [0.29, 0.717) is 12.0 Å². The fourth-order valence-electron chi connectivity index (χ4n) is 1.21. The number of halogens is 3. The van der Waals surface area contributed by atoms with Gasteiger partial charge in [-0.3, -0.25) is 4.79 Å². The Morgan fingerprint density at radius 1 is 1.26 bits per heavy atom. The van der Waals surface area contributed by atoms with E-state index in [4.69, 9.17) is 5.11 Å². The van der Waals surface area contributed by atoms with E-state index in [1.54, 1.807) is 5.32 Å². The second kappa shape index (κ2) is 6.81. The third-order valence-electron chi connectivity index (χ3n) is 2.07. The van der Waals surface area contributed by atoms with Gasteiger partial charge < -0.3 is 10.4 Å². The number of benzene rings is 1. The van der Waals surface area contributed by atoms with Crippen molar-refractivity contribution in [1.82, 2.24) is 5.32 Å². The van der Waals surface area contributed by atoms with Gasteiger partial charge in [-0.1, -0.05) is 11.8 Å². The van der Waals surface area contributed by atoms with Crippen molar-refractivity contribution in [2.75, 3.05) is 13.2 Å². The third-order valence-corrected chi connectivity index (χ3v) is 2.07. The van der Waals surface area contributed by atoms with Crippen molar-refractivity contribution in [2.45, 2.75) is 12.6 Å². The van der Waals surface area contributed by atoms with Crippen molar-refractivity contribution >= 4 is 5.91 Å². The Balaban J connectivity index is 2.61. The van der Waals surface area contributed by atoms with Crippen LogP contribution in [0.3, 0.4) is 0 Å². The molecule has 102 valence electrons. The third kappa shape index (κ3) is 5.93. The van der Waals surface area contributed by atoms with Crippen molar-refractivity contribution in [3.63, 3.8) is 0 Å². The predicted octanol–water partition coefficient (Wildman–Crippen LogP) is 1.71. The van der Waals surface area contributed by atoms with Gasteiger partial charge in [0.1, 0.15) is 6.54 Å². The summed E-state index contributed by atoms with van der Waals surface area (Å²) in [5.41, 5.74) is 0.762. The molecule has 0 aliphatic heterocycles. The molecule has 2 N–H and O–H groups in total. The molecule has 3 nitrogen and oxygen atoms in total. The van der Waals surface area contributed by atoms with Gasteiger partial charge in [0.05, 0.1) is 6.61 Å². The van der Waals surface area contributed by atoms with Gasteiger partial charge in [0, 0.05) is 17.5 Å². The number of alkyl halides is 3. The van der Waals surface area contributed by atoms with Gasteiger partial charge >= 0.3 is 6.18 Å². The van der Waals surface area contributed by atoms with Crippen LogP contribution in [0.15, 0.2) is 24.3 Å². The number of amides is 1. The monoisotopic (exact) mass is 271 g/mol. The first-order chi connectivity index (χ1) is 8.92. The van der Waals surface area contributed by atoms with Crippen LogP contribution in [-0.4, -0.2) is 30.3 Å². The van der Waals surface area contributed by atoms with Gasteiger partial charge in [0.2, 0.25) is 0 Å². The molecule has 1 aromatic rings. The number of nitrogens with one attached hydrogen (secondary N) is 1. The number of hydrogen-bond donors (Lipinski definition) is 2. The first-order valence-corrected chi connectivity index (χ1v) is 5.47. The van der Waals surface area contributed by atoms with Crippen LogP contribution in [0, 0.1) is 11.8 Å². The fourth-order valence-corrected chi connectivity index (χ4v) is 1.21. The van der Waals surface area contributed by atoms with E-state index in [1.807, 2.05) is 0 Å². The molecule has 0 aliphatic rings. The lowest BCUT2D eigenvalue weighted by Crippen LogP contribution is -2.33. The summed E-state index contributed by atoms with van der Waals surface area (Å²) in [4.78, 5) is 11.4. The topological polar surface area (TPSA) is 49.3 Å². The zero-order valence-corrected chi connectivity index (χ0v) is 9.92. The maximum absolute atomic E-state index is 11.9. The Labute approximate surface area is 108 Å². The maximum Gasteiger partial charge on any atom is 0.405 e. The van der Waals surface area contributed by atoms with Crippen molar-refractivity contribution in [2.24, 2.45) is 0 Å². The molecule has 0 aromatic heterocycles. The van der Waals surface area contributed by atoms with E-state index >= 15 is 0 Å². The molecule has 0 saturated carbocycles. The summed E-state index contributed by atoms with van der Waals surface area (Å²) < 4.78 is 35.7. The van der Waals surface area contributed by atoms with E-state index in [-0.39, 0.29) is 12.2 Å². The van der Waals surface area contributed by atoms with Gasteiger partial charge in [0.25, 0.3) is 5.91 Å². The molecular formula is C13H12F3NO2. The molecule has 19 heavy (non-hydrogen) atoms. The summed E-state index contributed by atoms with van der Waals surface area (Å²) in [5, 5.41) is 10.3. The average Bonchev–Trinajstić information content (AvgIpc) is 2.36. The highest BCUT2D eigenvalue weighted by atomic mass is 19.4. The molecule has 0 fully saturated rings. The summed E-state index contributed by atoms with van der Waals surface area (Å²) in [6, 6.07) is 5.86. The molecule has 0 bridgehead atoms. The van der Waals surface area contributed by atoms with Crippen LogP contribution in [0.2, 0.25) is 0 Å². The summed E-state index contributed by atoms with van der Waals surface area (Å²) in [7, 11) is 0. The number of aliphatic hydroxyl groups is 1. The van der Waals surface area contributed by atoms with Crippen molar-refractivity contribution in [3.05, 3.63) is 35.4 Å². The Hall–Kier alpha value is -2.00. The lowest BCUT2D eigenvalue weighted by molar-refractivity contribution is -0.123.